The topological polar surface area (TPSA) is 69.7 Å². The van der Waals surface area contributed by atoms with Crippen molar-refractivity contribution in [2.24, 2.45) is 5.92 Å². The number of pyridine rings is 1. The Morgan fingerprint density at radius 1 is 1.12 bits per heavy atom. The molecule has 1 aromatic carbocycles. The van der Waals surface area contributed by atoms with Crippen molar-refractivity contribution < 1.29 is 19.0 Å². The van der Waals surface area contributed by atoms with E-state index in [1.807, 2.05) is 12.1 Å². The summed E-state index contributed by atoms with van der Waals surface area (Å²) in [6.07, 6.45) is 5.08. The molecule has 6 nitrogen and oxygen atoms in total. The van der Waals surface area contributed by atoms with Crippen LogP contribution in [0.4, 0.5) is 0 Å². The lowest BCUT2D eigenvalue weighted by atomic mass is 10.3. The summed E-state index contributed by atoms with van der Waals surface area (Å²) >= 11 is 0. The van der Waals surface area contributed by atoms with Crippen molar-refractivity contribution in [3.63, 3.8) is 0 Å². The zero-order valence-corrected chi connectivity index (χ0v) is 14.7. The maximum Gasteiger partial charge on any atom is 0.257 e. The number of carbonyl (C=O) groups excluding carboxylic acids is 1. The molecule has 0 spiro atoms. The molecule has 0 saturated heterocycles. The fourth-order valence-corrected chi connectivity index (χ4v) is 2.27. The van der Waals surface area contributed by atoms with Crippen LogP contribution >= 0.6 is 0 Å². The molecule has 1 amide bonds. The van der Waals surface area contributed by atoms with Crippen molar-refractivity contribution in [2.45, 2.75) is 19.3 Å². The normalized spacial score (nSPS) is 13.2. The van der Waals surface area contributed by atoms with Gasteiger partial charge in [0.2, 0.25) is 5.88 Å². The Balaban J connectivity index is 1.29. The number of hydrogen-bond donors (Lipinski definition) is 1. The van der Waals surface area contributed by atoms with Gasteiger partial charge in [0.15, 0.2) is 6.61 Å². The van der Waals surface area contributed by atoms with E-state index in [4.69, 9.17) is 14.2 Å². The third-order valence-electron chi connectivity index (χ3n) is 3.89. The standard InChI is InChI=1S/C20H24N2O4/c23-19(21-12-3-13-24-14-16-5-6-16)15-25-17-7-9-18(10-8-17)26-20-4-1-2-11-22-20/h1-2,4,7-11,16H,3,5-6,12-15H2,(H,21,23). The molecule has 1 N–H and O–H groups in total. The van der Waals surface area contributed by atoms with Crippen LogP contribution in [-0.4, -0.2) is 37.3 Å². The quantitative estimate of drug-likeness (QED) is 0.626. The Labute approximate surface area is 153 Å². The van der Waals surface area contributed by atoms with Crippen LogP contribution in [0.15, 0.2) is 48.7 Å². The number of amides is 1. The van der Waals surface area contributed by atoms with Crippen molar-refractivity contribution in [1.29, 1.82) is 0 Å². The Hall–Kier alpha value is -2.60. The van der Waals surface area contributed by atoms with E-state index in [1.54, 1.807) is 36.5 Å². The summed E-state index contributed by atoms with van der Waals surface area (Å²) in [6, 6.07) is 12.5. The zero-order valence-electron chi connectivity index (χ0n) is 14.7. The van der Waals surface area contributed by atoms with Crippen molar-refractivity contribution >= 4 is 5.91 Å². The van der Waals surface area contributed by atoms with Gasteiger partial charge in [-0.15, -0.1) is 0 Å². The van der Waals surface area contributed by atoms with Gasteiger partial charge >= 0.3 is 0 Å². The molecule has 6 heteroatoms. The molecule has 1 aliphatic carbocycles. The SMILES string of the molecule is O=C(COc1ccc(Oc2ccccn2)cc1)NCCCOCC1CC1. The molecular weight excluding hydrogens is 332 g/mol. The predicted octanol–water partition coefficient (Wildman–Crippen LogP) is 3.19. The van der Waals surface area contributed by atoms with Gasteiger partial charge in [-0.2, -0.15) is 0 Å². The summed E-state index contributed by atoms with van der Waals surface area (Å²) in [7, 11) is 0. The maximum atomic E-state index is 11.8. The van der Waals surface area contributed by atoms with Crippen LogP contribution in [0.3, 0.4) is 0 Å². The molecule has 0 radical (unpaired) electrons. The molecule has 26 heavy (non-hydrogen) atoms. The molecule has 2 aromatic rings. The highest BCUT2D eigenvalue weighted by Gasteiger charge is 2.20. The van der Waals surface area contributed by atoms with Gasteiger partial charge in [0.25, 0.3) is 5.91 Å². The molecule has 1 saturated carbocycles. The van der Waals surface area contributed by atoms with Crippen molar-refractivity contribution in [2.75, 3.05) is 26.4 Å². The van der Waals surface area contributed by atoms with E-state index in [2.05, 4.69) is 10.3 Å². The Kier molecular flexibility index (Phi) is 6.84. The Bertz CT molecular complexity index is 672. The van der Waals surface area contributed by atoms with Gasteiger partial charge in [-0.1, -0.05) is 6.07 Å². The lowest BCUT2D eigenvalue weighted by Crippen LogP contribution is -2.30. The number of rotatable bonds is 11. The minimum atomic E-state index is -0.138. The second-order valence-corrected chi connectivity index (χ2v) is 6.25. The molecule has 1 aromatic heterocycles. The molecule has 3 rings (SSSR count). The largest absolute Gasteiger partial charge is 0.484 e. The maximum absolute atomic E-state index is 11.8. The average molecular weight is 356 g/mol. The predicted molar refractivity (Wildman–Crippen MR) is 97.4 cm³/mol. The van der Waals surface area contributed by atoms with E-state index in [0.29, 0.717) is 30.5 Å². The third-order valence-corrected chi connectivity index (χ3v) is 3.89. The second kappa shape index (κ2) is 9.77. The second-order valence-electron chi connectivity index (χ2n) is 6.25. The van der Waals surface area contributed by atoms with Crippen molar-refractivity contribution in [1.82, 2.24) is 10.3 Å². The molecule has 138 valence electrons. The Morgan fingerprint density at radius 2 is 1.92 bits per heavy atom. The first-order valence-corrected chi connectivity index (χ1v) is 8.96. The fourth-order valence-electron chi connectivity index (χ4n) is 2.27. The monoisotopic (exact) mass is 356 g/mol. The Morgan fingerprint density at radius 3 is 2.65 bits per heavy atom. The van der Waals surface area contributed by atoms with Crippen LogP contribution in [0.2, 0.25) is 0 Å². The lowest BCUT2D eigenvalue weighted by molar-refractivity contribution is -0.123. The van der Waals surface area contributed by atoms with Crippen LogP contribution in [0.25, 0.3) is 0 Å². The van der Waals surface area contributed by atoms with Crippen LogP contribution in [-0.2, 0) is 9.53 Å². The minimum Gasteiger partial charge on any atom is -0.484 e. The number of aromatic nitrogens is 1. The lowest BCUT2D eigenvalue weighted by Gasteiger charge is -2.09. The summed E-state index contributed by atoms with van der Waals surface area (Å²) in [5, 5.41) is 2.82. The van der Waals surface area contributed by atoms with Gasteiger partial charge in [0.1, 0.15) is 11.5 Å². The van der Waals surface area contributed by atoms with Gasteiger partial charge < -0.3 is 19.5 Å². The highest BCUT2D eigenvalue weighted by Crippen LogP contribution is 2.28. The summed E-state index contributed by atoms with van der Waals surface area (Å²) in [6.45, 7) is 2.14. The van der Waals surface area contributed by atoms with E-state index in [9.17, 15) is 4.79 Å². The highest BCUT2D eigenvalue weighted by atomic mass is 16.5. The van der Waals surface area contributed by atoms with E-state index >= 15 is 0 Å². The van der Waals surface area contributed by atoms with E-state index in [0.717, 1.165) is 18.9 Å². The molecule has 0 unspecified atom stereocenters. The average Bonchev–Trinajstić information content (AvgIpc) is 3.49. The number of nitrogens with one attached hydrogen (secondary N) is 1. The molecule has 0 aliphatic heterocycles. The van der Waals surface area contributed by atoms with Crippen LogP contribution in [0, 0.1) is 5.92 Å². The first-order valence-electron chi connectivity index (χ1n) is 8.96. The minimum absolute atomic E-state index is 0.0105. The van der Waals surface area contributed by atoms with Gasteiger partial charge in [-0.05, 0) is 55.5 Å². The zero-order chi connectivity index (χ0) is 18.0. The number of nitrogens with zero attached hydrogens (tertiary/aromatic N) is 1. The summed E-state index contributed by atoms with van der Waals surface area (Å²) < 4.78 is 16.6. The summed E-state index contributed by atoms with van der Waals surface area (Å²) in [5.41, 5.74) is 0. The van der Waals surface area contributed by atoms with Gasteiger partial charge in [-0.3, -0.25) is 4.79 Å². The molecule has 1 heterocycles. The van der Waals surface area contributed by atoms with Gasteiger partial charge in [0, 0.05) is 32.0 Å². The highest BCUT2D eigenvalue weighted by molar-refractivity contribution is 5.77. The van der Waals surface area contributed by atoms with Crippen molar-refractivity contribution in [3.05, 3.63) is 48.7 Å². The molecule has 1 fully saturated rings. The van der Waals surface area contributed by atoms with E-state index < -0.39 is 0 Å². The first-order chi connectivity index (χ1) is 12.8. The molecule has 0 bridgehead atoms. The van der Waals surface area contributed by atoms with Gasteiger partial charge in [-0.25, -0.2) is 4.98 Å². The van der Waals surface area contributed by atoms with Gasteiger partial charge in [0.05, 0.1) is 0 Å². The van der Waals surface area contributed by atoms with Crippen LogP contribution in [0.1, 0.15) is 19.3 Å². The van der Waals surface area contributed by atoms with Crippen LogP contribution < -0.4 is 14.8 Å². The van der Waals surface area contributed by atoms with E-state index in [1.165, 1.54) is 12.8 Å². The third kappa shape index (κ3) is 6.72. The summed E-state index contributed by atoms with van der Waals surface area (Å²) in [4.78, 5) is 15.9. The number of carbonyl (C=O) groups is 1. The van der Waals surface area contributed by atoms with Crippen molar-refractivity contribution in [3.8, 4) is 17.4 Å². The smallest absolute Gasteiger partial charge is 0.257 e. The molecule has 1 aliphatic rings. The number of ether oxygens (including phenoxy) is 3. The molecule has 0 atom stereocenters. The molecular formula is C20H24N2O4. The van der Waals surface area contributed by atoms with E-state index in [-0.39, 0.29) is 12.5 Å². The summed E-state index contributed by atoms with van der Waals surface area (Å²) in [5.74, 6) is 2.44. The fraction of sp³-hybridized carbons (Fsp3) is 0.400. The first kappa shape index (κ1) is 18.2. The van der Waals surface area contributed by atoms with Crippen LogP contribution in [0.5, 0.6) is 17.4 Å². The number of benzene rings is 1. The number of hydrogen-bond acceptors (Lipinski definition) is 5.